The van der Waals surface area contributed by atoms with Gasteiger partial charge in [-0.2, -0.15) is 5.10 Å². The van der Waals surface area contributed by atoms with Crippen molar-refractivity contribution in [2.45, 2.75) is 6.42 Å². The van der Waals surface area contributed by atoms with E-state index in [4.69, 9.17) is 0 Å². The summed E-state index contributed by atoms with van der Waals surface area (Å²) in [5, 5.41) is 3.93. The predicted molar refractivity (Wildman–Crippen MR) is 71.3 cm³/mol. The zero-order valence-electron chi connectivity index (χ0n) is 10.2. The van der Waals surface area contributed by atoms with Crippen LogP contribution in [0.5, 0.6) is 0 Å². The summed E-state index contributed by atoms with van der Waals surface area (Å²) in [4.78, 5) is 11.6. The van der Waals surface area contributed by atoms with Crippen molar-refractivity contribution in [2.75, 3.05) is 0 Å². The average Bonchev–Trinajstić information content (AvgIpc) is 2.76. The average molecular weight is 241 g/mol. The van der Waals surface area contributed by atoms with Crippen molar-refractivity contribution in [2.24, 2.45) is 12.1 Å². The first kappa shape index (κ1) is 12.1. The van der Waals surface area contributed by atoms with Crippen LogP contribution in [0.4, 0.5) is 0 Å². The number of nitrogens with one attached hydrogen (secondary N) is 1. The summed E-state index contributed by atoms with van der Waals surface area (Å²) < 4.78 is 1.92. The molecular weight excluding hydrogens is 226 g/mol. The van der Waals surface area contributed by atoms with Gasteiger partial charge in [0.2, 0.25) is 5.91 Å². The molecule has 0 bridgehead atoms. The SMILES string of the molecule is Cn1cccc1C=NNC(=O)Cc1ccccc1. The Balaban J connectivity index is 1.86. The van der Waals surface area contributed by atoms with Gasteiger partial charge in [-0.05, 0) is 17.7 Å². The van der Waals surface area contributed by atoms with Gasteiger partial charge in [0.15, 0.2) is 0 Å². The molecule has 2 rings (SSSR count). The molecule has 0 aliphatic carbocycles. The van der Waals surface area contributed by atoms with E-state index in [1.165, 1.54) is 0 Å². The summed E-state index contributed by atoms with van der Waals surface area (Å²) in [7, 11) is 1.92. The topological polar surface area (TPSA) is 46.4 Å². The van der Waals surface area contributed by atoms with Crippen LogP contribution in [0.1, 0.15) is 11.3 Å². The monoisotopic (exact) mass is 241 g/mol. The van der Waals surface area contributed by atoms with E-state index in [0.29, 0.717) is 6.42 Å². The maximum Gasteiger partial charge on any atom is 0.244 e. The molecule has 0 saturated carbocycles. The van der Waals surface area contributed by atoms with E-state index in [-0.39, 0.29) is 5.91 Å². The highest BCUT2D eigenvalue weighted by Gasteiger charge is 2.00. The lowest BCUT2D eigenvalue weighted by molar-refractivity contribution is -0.120. The van der Waals surface area contributed by atoms with Gasteiger partial charge in [0.25, 0.3) is 0 Å². The van der Waals surface area contributed by atoms with Crippen LogP contribution < -0.4 is 5.43 Å². The Morgan fingerprint density at radius 1 is 1.28 bits per heavy atom. The molecule has 0 unspecified atom stereocenters. The number of carbonyl (C=O) groups excluding carboxylic acids is 1. The van der Waals surface area contributed by atoms with Crippen LogP contribution >= 0.6 is 0 Å². The van der Waals surface area contributed by atoms with Gasteiger partial charge in [-0.1, -0.05) is 30.3 Å². The number of aromatic nitrogens is 1. The van der Waals surface area contributed by atoms with Crippen molar-refractivity contribution < 1.29 is 4.79 Å². The third kappa shape index (κ3) is 3.31. The van der Waals surface area contributed by atoms with E-state index in [0.717, 1.165) is 11.3 Å². The molecule has 0 spiro atoms. The number of hydrogen-bond donors (Lipinski definition) is 1. The van der Waals surface area contributed by atoms with Crippen molar-refractivity contribution in [3.8, 4) is 0 Å². The summed E-state index contributed by atoms with van der Waals surface area (Å²) in [5.74, 6) is -0.119. The largest absolute Gasteiger partial charge is 0.350 e. The van der Waals surface area contributed by atoms with Crippen LogP contribution in [0.2, 0.25) is 0 Å². The minimum Gasteiger partial charge on any atom is -0.350 e. The Morgan fingerprint density at radius 3 is 2.72 bits per heavy atom. The van der Waals surface area contributed by atoms with Crippen molar-refractivity contribution in [3.63, 3.8) is 0 Å². The van der Waals surface area contributed by atoms with E-state index in [2.05, 4.69) is 10.5 Å². The highest BCUT2D eigenvalue weighted by molar-refractivity contribution is 5.82. The van der Waals surface area contributed by atoms with E-state index in [1.54, 1.807) is 6.21 Å². The number of carbonyl (C=O) groups is 1. The number of rotatable bonds is 4. The van der Waals surface area contributed by atoms with E-state index in [9.17, 15) is 4.79 Å². The van der Waals surface area contributed by atoms with Crippen molar-refractivity contribution in [1.29, 1.82) is 0 Å². The van der Waals surface area contributed by atoms with Crippen LogP contribution in [0.3, 0.4) is 0 Å². The van der Waals surface area contributed by atoms with Gasteiger partial charge in [0.05, 0.1) is 18.3 Å². The quantitative estimate of drug-likeness (QED) is 0.643. The number of amides is 1. The van der Waals surface area contributed by atoms with E-state index < -0.39 is 0 Å². The van der Waals surface area contributed by atoms with Crippen LogP contribution in [-0.2, 0) is 18.3 Å². The first-order valence-corrected chi connectivity index (χ1v) is 5.73. The minimum absolute atomic E-state index is 0.119. The van der Waals surface area contributed by atoms with Crippen molar-refractivity contribution in [1.82, 2.24) is 9.99 Å². The van der Waals surface area contributed by atoms with Crippen LogP contribution in [0, 0.1) is 0 Å². The first-order chi connectivity index (χ1) is 8.75. The van der Waals surface area contributed by atoms with Crippen LogP contribution in [-0.4, -0.2) is 16.7 Å². The van der Waals surface area contributed by atoms with Crippen molar-refractivity contribution >= 4 is 12.1 Å². The normalized spacial score (nSPS) is 10.7. The molecule has 0 atom stereocenters. The smallest absolute Gasteiger partial charge is 0.244 e. The third-order valence-corrected chi connectivity index (χ3v) is 2.58. The number of nitrogens with zero attached hydrogens (tertiary/aromatic N) is 2. The maximum absolute atomic E-state index is 11.6. The molecule has 4 nitrogen and oxygen atoms in total. The lowest BCUT2D eigenvalue weighted by Gasteiger charge is -2.00. The molecular formula is C14H15N3O. The first-order valence-electron chi connectivity index (χ1n) is 5.73. The lowest BCUT2D eigenvalue weighted by Crippen LogP contribution is -2.19. The number of aryl methyl sites for hydroxylation is 1. The molecule has 1 aromatic heterocycles. The summed E-state index contributed by atoms with van der Waals surface area (Å²) in [6.45, 7) is 0. The second-order valence-electron chi connectivity index (χ2n) is 4.00. The van der Waals surface area contributed by atoms with E-state index >= 15 is 0 Å². The fourth-order valence-corrected chi connectivity index (χ4v) is 1.60. The molecule has 1 amide bonds. The summed E-state index contributed by atoms with van der Waals surface area (Å²) in [6.07, 6.45) is 3.89. The molecule has 1 N–H and O–H groups in total. The molecule has 2 aromatic rings. The summed E-state index contributed by atoms with van der Waals surface area (Å²) in [5.41, 5.74) is 4.43. The Labute approximate surface area is 106 Å². The minimum atomic E-state index is -0.119. The molecule has 18 heavy (non-hydrogen) atoms. The fourth-order valence-electron chi connectivity index (χ4n) is 1.60. The molecule has 0 aliphatic rings. The van der Waals surface area contributed by atoms with Gasteiger partial charge in [-0.15, -0.1) is 0 Å². The molecule has 0 aliphatic heterocycles. The van der Waals surface area contributed by atoms with Gasteiger partial charge in [0, 0.05) is 13.2 Å². The Morgan fingerprint density at radius 2 is 2.06 bits per heavy atom. The van der Waals surface area contributed by atoms with Crippen molar-refractivity contribution in [3.05, 3.63) is 59.9 Å². The summed E-state index contributed by atoms with van der Waals surface area (Å²) >= 11 is 0. The molecule has 4 heteroatoms. The fraction of sp³-hybridized carbons (Fsp3) is 0.143. The van der Waals surface area contributed by atoms with E-state index in [1.807, 2.05) is 60.3 Å². The molecule has 0 saturated heterocycles. The number of benzene rings is 1. The highest BCUT2D eigenvalue weighted by atomic mass is 16.2. The number of hydrazone groups is 1. The lowest BCUT2D eigenvalue weighted by atomic mass is 10.1. The van der Waals surface area contributed by atoms with Crippen LogP contribution in [0.15, 0.2) is 53.8 Å². The van der Waals surface area contributed by atoms with Gasteiger partial charge in [-0.3, -0.25) is 4.79 Å². The van der Waals surface area contributed by atoms with Gasteiger partial charge < -0.3 is 4.57 Å². The zero-order valence-corrected chi connectivity index (χ0v) is 10.2. The third-order valence-electron chi connectivity index (χ3n) is 2.58. The van der Waals surface area contributed by atoms with Crippen LogP contribution in [0.25, 0.3) is 0 Å². The molecule has 92 valence electrons. The van der Waals surface area contributed by atoms with Gasteiger partial charge in [-0.25, -0.2) is 5.43 Å². The maximum atomic E-state index is 11.6. The number of hydrogen-bond acceptors (Lipinski definition) is 2. The second kappa shape index (κ2) is 5.82. The Bertz CT molecular complexity index is 543. The standard InChI is InChI=1S/C14H15N3O/c1-17-9-5-8-13(17)11-15-16-14(18)10-12-6-3-2-4-7-12/h2-9,11H,10H2,1H3,(H,16,18). The van der Waals surface area contributed by atoms with Gasteiger partial charge in [0.1, 0.15) is 0 Å². The zero-order chi connectivity index (χ0) is 12.8. The Kier molecular flexibility index (Phi) is 3.91. The molecule has 1 heterocycles. The molecule has 0 fully saturated rings. The molecule has 0 radical (unpaired) electrons. The Hall–Kier alpha value is -2.36. The highest BCUT2D eigenvalue weighted by Crippen LogP contribution is 1.99. The predicted octanol–water partition coefficient (Wildman–Crippen LogP) is 1.72. The summed E-state index contributed by atoms with van der Waals surface area (Å²) in [6, 6.07) is 13.4. The van der Waals surface area contributed by atoms with Gasteiger partial charge >= 0.3 is 0 Å². The molecule has 1 aromatic carbocycles. The second-order valence-corrected chi connectivity index (χ2v) is 4.00.